The number of hydrogen-bond donors (Lipinski definition) is 7. The van der Waals surface area contributed by atoms with Crippen molar-refractivity contribution < 1.29 is 51.8 Å². The van der Waals surface area contributed by atoms with Crippen LogP contribution in [0.15, 0.2) is 109 Å². The zero-order valence-electron chi connectivity index (χ0n) is 34.0. The van der Waals surface area contributed by atoms with E-state index in [4.69, 9.17) is 0 Å². The molecule has 1 aliphatic carbocycles. The molecule has 0 aromatic heterocycles. The topological polar surface area (TPSA) is 212 Å². The molecule has 0 saturated heterocycles. The van der Waals surface area contributed by atoms with Crippen molar-refractivity contribution in [2.24, 2.45) is 0 Å². The zero-order chi connectivity index (χ0) is 45.1. The molecule has 2 heterocycles. The van der Waals surface area contributed by atoms with Gasteiger partial charge in [-0.1, -0.05) is 84.9 Å². The number of nitrogens with one attached hydrogen (secondary N) is 6. The van der Waals surface area contributed by atoms with Crippen LogP contribution in [-0.4, -0.2) is 76.2 Å². The van der Waals surface area contributed by atoms with Gasteiger partial charge in [-0.2, -0.15) is 13.2 Å². The first-order valence-corrected chi connectivity index (χ1v) is 20.5. The Hall–Kier alpha value is -7.04. The summed E-state index contributed by atoms with van der Waals surface area (Å²) >= 11 is 0. The number of benzene rings is 4. The number of carbonyl (C=O) groups is 7. The Morgan fingerprint density at radius 2 is 1.16 bits per heavy atom. The highest BCUT2D eigenvalue weighted by atomic mass is 19.4. The second kappa shape index (κ2) is 20.2. The second-order valence-electron chi connectivity index (χ2n) is 15.7. The molecule has 4 aromatic rings. The third kappa shape index (κ3) is 13.0. The fourth-order valence-corrected chi connectivity index (χ4v) is 7.10. The minimum Gasteiger partial charge on any atom is -0.480 e. The molecule has 2 bridgehead atoms. The SMILES string of the molecule is O=C1CCC(=O)N[C@H](CCc2ccccc2)C(=O)N[C@@H](Cc2ccc(C(F)(F)F)cc2)C(=O)N[C@H](Cc2ccccc2)C(=O)N[C@H](C(=O)NC2(C(=O)O)CC2)Cc2ccc(cc2)N1. The van der Waals surface area contributed by atoms with Crippen LogP contribution < -0.4 is 31.9 Å². The molecule has 4 atom stereocenters. The molecule has 4 aromatic carbocycles. The van der Waals surface area contributed by atoms with E-state index in [1.807, 2.05) is 18.2 Å². The van der Waals surface area contributed by atoms with Crippen LogP contribution in [0.4, 0.5) is 18.9 Å². The maximum Gasteiger partial charge on any atom is 0.416 e. The van der Waals surface area contributed by atoms with Crippen LogP contribution in [0.5, 0.6) is 0 Å². The number of carboxylic acids is 1. The number of rotatable bonds is 10. The third-order valence-corrected chi connectivity index (χ3v) is 10.9. The summed E-state index contributed by atoms with van der Waals surface area (Å²) in [6, 6.07) is 22.4. The Bertz CT molecular complexity index is 2290. The maximum absolute atomic E-state index is 14.4. The average molecular weight is 869 g/mol. The summed E-state index contributed by atoms with van der Waals surface area (Å²) in [4.78, 5) is 95.0. The second-order valence-corrected chi connectivity index (χ2v) is 15.7. The van der Waals surface area contributed by atoms with Crippen molar-refractivity contribution in [3.05, 3.63) is 137 Å². The number of alkyl halides is 3. The molecule has 7 N–H and O–H groups in total. The van der Waals surface area contributed by atoms with E-state index < -0.39 is 82.9 Å². The lowest BCUT2D eigenvalue weighted by Gasteiger charge is -2.27. The van der Waals surface area contributed by atoms with Gasteiger partial charge in [0.15, 0.2) is 0 Å². The molecule has 0 spiro atoms. The van der Waals surface area contributed by atoms with Crippen molar-refractivity contribution in [2.75, 3.05) is 5.32 Å². The Kier molecular flexibility index (Phi) is 14.6. The van der Waals surface area contributed by atoms with Crippen LogP contribution in [0.25, 0.3) is 0 Å². The predicted octanol–water partition coefficient (Wildman–Crippen LogP) is 3.77. The van der Waals surface area contributed by atoms with E-state index in [-0.39, 0.29) is 56.9 Å². The molecule has 7 rings (SSSR count). The van der Waals surface area contributed by atoms with Crippen molar-refractivity contribution in [1.29, 1.82) is 0 Å². The Morgan fingerprint density at radius 3 is 1.71 bits per heavy atom. The zero-order valence-corrected chi connectivity index (χ0v) is 34.0. The summed E-state index contributed by atoms with van der Waals surface area (Å²) in [5.41, 5.74) is 0.100. The van der Waals surface area contributed by atoms with Gasteiger partial charge in [0.2, 0.25) is 35.4 Å². The van der Waals surface area contributed by atoms with E-state index in [1.165, 1.54) is 0 Å². The number of amides is 6. The number of fused-ring (bicyclic) bond motifs is 18. The molecule has 14 nitrogen and oxygen atoms in total. The normalized spacial score (nSPS) is 21.0. The van der Waals surface area contributed by atoms with Gasteiger partial charge >= 0.3 is 12.1 Å². The van der Waals surface area contributed by atoms with Crippen LogP contribution in [0, 0.1) is 0 Å². The number of carbonyl (C=O) groups excluding carboxylic acids is 6. The van der Waals surface area contributed by atoms with E-state index in [1.54, 1.807) is 66.7 Å². The fraction of sp³-hybridized carbons (Fsp3) is 0.326. The summed E-state index contributed by atoms with van der Waals surface area (Å²) < 4.78 is 40.5. The smallest absolute Gasteiger partial charge is 0.416 e. The van der Waals surface area contributed by atoms with Crippen molar-refractivity contribution in [1.82, 2.24) is 26.6 Å². The van der Waals surface area contributed by atoms with Gasteiger partial charge in [-0.05, 0) is 72.2 Å². The molecule has 1 saturated carbocycles. The van der Waals surface area contributed by atoms with Crippen LogP contribution in [-0.2, 0) is 65.4 Å². The van der Waals surface area contributed by atoms with Crippen LogP contribution >= 0.6 is 0 Å². The molecular weight excluding hydrogens is 822 g/mol. The molecule has 0 radical (unpaired) electrons. The van der Waals surface area contributed by atoms with Gasteiger partial charge in [-0.3, -0.25) is 28.8 Å². The molecule has 17 heteroatoms. The van der Waals surface area contributed by atoms with Gasteiger partial charge in [0.05, 0.1) is 5.56 Å². The van der Waals surface area contributed by atoms with Crippen molar-refractivity contribution in [3.63, 3.8) is 0 Å². The average Bonchev–Trinajstić information content (AvgIpc) is 4.05. The minimum atomic E-state index is -4.64. The number of aliphatic carboxylic acids is 1. The number of halogens is 3. The van der Waals surface area contributed by atoms with Gasteiger partial charge in [0.25, 0.3) is 0 Å². The van der Waals surface area contributed by atoms with E-state index in [0.717, 1.165) is 29.8 Å². The standard InChI is InChI=1S/C46H47F3N6O8/c47-46(48,49)32-16-11-30(12-17-32)26-36-41(59)53-35(25-29-9-5-2-6-10-29)42(60)54-37(43(61)55-45(23-24-45)44(62)63)27-31-13-18-33(19-14-31)50-38(56)21-22-39(57)51-34(40(58)52-36)20-15-28-7-3-1-4-8-28/h1-14,16-19,34-37H,15,20-27H2,(H,50,56)(H,51,57)(H,52,58)(H,53,59)(H,54,60)(H,55,61)(H,62,63)/t34-,35-,36+,37+/m1/s1. The van der Waals surface area contributed by atoms with Crippen LogP contribution in [0.3, 0.4) is 0 Å². The highest BCUT2D eigenvalue weighted by molar-refractivity contribution is 5.98. The molecule has 1 fully saturated rings. The number of hydrogen-bond acceptors (Lipinski definition) is 7. The van der Waals surface area contributed by atoms with Crippen molar-refractivity contribution in [2.45, 2.75) is 93.7 Å². The lowest BCUT2D eigenvalue weighted by atomic mass is 9.99. The Labute approximate surface area is 360 Å². The van der Waals surface area contributed by atoms with Crippen LogP contribution in [0.2, 0.25) is 0 Å². The lowest BCUT2D eigenvalue weighted by Crippen LogP contribution is -2.60. The first-order chi connectivity index (χ1) is 30.1. The largest absolute Gasteiger partial charge is 0.480 e. The van der Waals surface area contributed by atoms with Gasteiger partial charge in [0.1, 0.15) is 29.7 Å². The molecule has 3 aliphatic rings. The molecule has 63 heavy (non-hydrogen) atoms. The molecule has 0 unspecified atom stereocenters. The number of aryl methyl sites for hydroxylation is 1. The summed E-state index contributed by atoms with van der Waals surface area (Å²) in [6.07, 6.45) is -5.08. The Balaban J connectivity index is 1.36. The molecule has 2 aliphatic heterocycles. The minimum absolute atomic E-state index is 0.0560. The highest BCUT2D eigenvalue weighted by Gasteiger charge is 2.52. The van der Waals surface area contributed by atoms with Gasteiger partial charge in [-0.25, -0.2) is 4.79 Å². The molecule has 6 amide bonds. The number of carboxylic acid groups (broad SMARTS) is 1. The predicted molar refractivity (Wildman–Crippen MR) is 224 cm³/mol. The van der Waals surface area contributed by atoms with E-state index in [9.17, 15) is 51.8 Å². The first kappa shape index (κ1) is 45.5. The van der Waals surface area contributed by atoms with E-state index in [2.05, 4.69) is 31.9 Å². The molecule has 330 valence electrons. The fourth-order valence-electron chi connectivity index (χ4n) is 7.10. The maximum atomic E-state index is 14.4. The van der Waals surface area contributed by atoms with Crippen molar-refractivity contribution >= 4 is 47.1 Å². The molecular formula is C46H47F3N6O8. The van der Waals surface area contributed by atoms with Gasteiger partial charge < -0.3 is 37.0 Å². The van der Waals surface area contributed by atoms with E-state index >= 15 is 0 Å². The summed E-state index contributed by atoms with van der Waals surface area (Å²) in [6.45, 7) is 0. The van der Waals surface area contributed by atoms with Crippen molar-refractivity contribution in [3.8, 4) is 0 Å². The third-order valence-electron chi connectivity index (χ3n) is 10.9. The first-order valence-electron chi connectivity index (χ1n) is 20.5. The quantitative estimate of drug-likeness (QED) is 0.116. The summed E-state index contributed by atoms with van der Waals surface area (Å²) in [5, 5.41) is 25.8. The summed E-state index contributed by atoms with van der Waals surface area (Å²) in [5.74, 6) is -5.74. The lowest BCUT2D eigenvalue weighted by molar-refractivity contribution is -0.143. The van der Waals surface area contributed by atoms with Crippen LogP contribution in [0.1, 0.15) is 59.9 Å². The Morgan fingerprint density at radius 1 is 0.635 bits per heavy atom. The highest BCUT2D eigenvalue weighted by Crippen LogP contribution is 2.35. The monoisotopic (exact) mass is 868 g/mol. The summed E-state index contributed by atoms with van der Waals surface area (Å²) in [7, 11) is 0. The van der Waals surface area contributed by atoms with E-state index in [0.29, 0.717) is 23.2 Å². The van der Waals surface area contributed by atoms with Gasteiger partial charge in [0, 0.05) is 37.8 Å². The van der Waals surface area contributed by atoms with Gasteiger partial charge in [-0.15, -0.1) is 0 Å². The number of anilines is 1.